The smallest absolute Gasteiger partial charge is 0.267 e. The number of hydrazine groups is 1. The van der Waals surface area contributed by atoms with E-state index < -0.39 is 21.8 Å². The van der Waals surface area contributed by atoms with Crippen molar-refractivity contribution in [3.8, 4) is 0 Å². The van der Waals surface area contributed by atoms with Crippen molar-refractivity contribution in [3.05, 3.63) is 51.7 Å². The van der Waals surface area contributed by atoms with E-state index in [2.05, 4.69) is 10.9 Å². The molecule has 26 heavy (non-hydrogen) atoms. The van der Waals surface area contributed by atoms with Crippen LogP contribution >= 0.6 is 11.3 Å². The molecule has 0 fully saturated rings. The number of hydrogen-bond acceptors (Lipinski definition) is 5. The van der Waals surface area contributed by atoms with Gasteiger partial charge in [0.2, 0.25) is 10.0 Å². The first-order chi connectivity index (χ1) is 12.3. The summed E-state index contributed by atoms with van der Waals surface area (Å²) in [5.74, 6) is -1.01. The molecule has 2 amide bonds. The average Bonchev–Trinajstić information content (AvgIpc) is 3.15. The van der Waals surface area contributed by atoms with Gasteiger partial charge in [0.25, 0.3) is 11.8 Å². The Morgan fingerprint density at radius 2 is 1.73 bits per heavy atom. The van der Waals surface area contributed by atoms with Crippen LogP contribution in [-0.2, 0) is 10.0 Å². The minimum atomic E-state index is -3.67. The lowest BCUT2D eigenvalue weighted by atomic mass is 10.1. The predicted molar refractivity (Wildman–Crippen MR) is 101 cm³/mol. The first-order valence-corrected chi connectivity index (χ1v) is 10.4. The van der Waals surface area contributed by atoms with E-state index in [1.54, 1.807) is 44.4 Å². The largest absolute Gasteiger partial charge is 0.279 e. The predicted octanol–water partition coefficient (Wildman–Crippen LogP) is 2.16. The standard InChI is InChI=1S/C17H21N3O4S2/c1-4-20(5-2)26(23,24)13-9-8-12(3)14(11-13)16(21)18-19-17(22)15-7-6-10-25-15/h6-11H,4-5H2,1-3H3,(H,18,21)(H,19,22). The van der Waals surface area contributed by atoms with Crippen molar-refractivity contribution in [1.29, 1.82) is 0 Å². The number of aryl methyl sites for hydroxylation is 1. The number of carbonyl (C=O) groups excluding carboxylic acids is 2. The van der Waals surface area contributed by atoms with Crippen LogP contribution in [0.15, 0.2) is 40.6 Å². The van der Waals surface area contributed by atoms with Gasteiger partial charge < -0.3 is 0 Å². The highest BCUT2D eigenvalue weighted by molar-refractivity contribution is 7.89. The molecule has 0 unspecified atom stereocenters. The van der Waals surface area contributed by atoms with Crippen molar-refractivity contribution >= 4 is 33.2 Å². The second kappa shape index (κ2) is 8.43. The molecule has 0 spiro atoms. The maximum atomic E-state index is 12.6. The van der Waals surface area contributed by atoms with Gasteiger partial charge in [-0.15, -0.1) is 11.3 Å². The van der Waals surface area contributed by atoms with Gasteiger partial charge in [-0.3, -0.25) is 20.4 Å². The third kappa shape index (κ3) is 4.29. The summed E-state index contributed by atoms with van der Waals surface area (Å²) in [6, 6.07) is 7.74. The highest BCUT2D eigenvalue weighted by atomic mass is 32.2. The van der Waals surface area contributed by atoms with Gasteiger partial charge in [0.05, 0.1) is 9.77 Å². The molecule has 0 saturated carbocycles. The van der Waals surface area contributed by atoms with Crippen LogP contribution < -0.4 is 10.9 Å². The number of carbonyl (C=O) groups is 2. The Bertz CT molecular complexity index is 889. The third-order valence-electron chi connectivity index (χ3n) is 3.83. The molecule has 1 aromatic heterocycles. The van der Waals surface area contributed by atoms with Crippen LogP contribution in [0.25, 0.3) is 0 Å². The normalized spacial score (nSPS) is 11.4. The first kappa shape index (κ1) is 20.1. The highest BCUT2D eigenvalue weighted by Gasteiger charge is 2.23. The summed E-state index contributed by atoms with van der Waals surface area (Å²) >= 11 is 1.25. The lowest BCUT2D eigenvalue weighted by Gasteiger charge is -2.19. The van der Waals surface area contributed by atoms with Crippen molar-refractivity contribution < 1.29 is 18.0 Å². The van der Waals surface area contributed by atoms with Crippen LogP contribution in [-0.4, -0.2) is 37.6 Å². The lowest BCUT2D eigenvalue weighted by molar-refractivity contribution is 0.0848. The lowest BCUT2D eigenvalue weighted by Crippen LogP contribution is -2.41. The van der Waals surface area contributed by atoms with Crippen LogP contribution in [0.3, 0.4) is 0 Å². The zero-order chi connectivity index (χ0) is 19.3. The van der Waals surface area contributed by atoms with Gasteiger partial charge in [0.15, 0.2) is 0 Å². The number of thiophene rings is 1. The summed E-state index contributed by atoms with van der Waals surface area (Å²) in [5, 5.41) is 1.75. The molecule has 1 heterocycles. The summed E-state index contributed by atoms with van der Waals surface area (Å²) in [7, 11) is -3.67. The van der Waals surface area contributed by atoms with Crippen molar-refractivity contribution in [1.82, 2.24) is 15.2 Å². The van der Waals surface area contributed by atoms with Crippen LogP contribution in [0, 0.1) is 6.92 Å². The van der Waals surface area contributed by atoms with E-state index in [-0.39, 0.29) is 10.5 Å². The average molecular weight is 396 g/mol. The van der Waals surface area contributed by atoms with Gasteiger partial charge in [-0.25, -0.2) is 8.42 Å². The Morgan fingerprint density at radius 3 is 2.31 bits per heavy atom. The summed E-state index contributed by atoms with van der Waals surface area (Å²) in [4.78, 5) is 24.8. The molecule has 2 rings (SSSR count). The molecule has 0 aliphatic heterocycles. The fourth-order valence-corrected chi connectivity index (χ4v) is 4.47. The molecule has 0 aliphatic rings. The van der Waals surface area contributed by atoms with Crippen molar-refractivity contribution in [2.24, 2.45) is 0 Å². The number of benzene rings is 1. The number of rotatable bonds is 6. The molecule has 0 radical (unpaired) electrons. The summed E-state index contributed by atoms with van der Waals surface area (Å²) in [6.45, 7) is 5.88. The number of nitrogens with one attached hydrogen (secondary N) is 2. The maximum absolute atomic E-state index is 12.6. The number of sulfonamides is 1. The SMILES string of the molecule is CCN(CC)S(=O)(=O)c1ccc(C)c(C(=O)NNC(=O)c2cccs2)c1. The Hall–Kier alpha value is -2.23. The molecule has 0 atom stereocenters. The number of amides is 2. The molecule has 0 saturated heterocycles. The summed E-state index contributed by atoms with van der Waals surface area (Å²) < 4.78 is 26.6. The van der Waals surface area contributed by atoms with Crippen molar-refractivity contribution in [2.75, 3.05) is 13.1 Å². The minimum Gasteiger partial charge on any atom is -0.267 e. The van der Waals surface area contributed by atoms with Crippen molar-refractivity contribution in [3.63, 3.8) is 0 Å². The molecule has 0 bridgehead atoms. The zero-order valence-corrected chi connectivity index (χ0v) is 16.4. The molecule has 1 aromatic carbocycles. The van der Waals surface area contributed by atoms with E-state index in [4.69, 9.17) is 0 Å². The summed E-state index contributed by atoms with van der Waals surface area (Å²) in [5.41, 5.74) is 5.44. The fraction of sp³-hybridized carbons (Fsp3) is 0.294. The molecule has 7 nitrogen and oxygen atoms in total. The third-order valence-corrected chi connectivity index (χ3v) is 6.75. The number of hydrogen-bond donors (Lipinski definition) is 2. The highest BCUT2D eigenvalue weighted by Crippen LogP contribution is 2.19. The molecule has 2 aromatic rings. The Balaban J connectivity index is 2.21. The topological polar surface area (TPSA) is 95.6 Å². The van der Waals surface area contributed by atoms with E-state index >= 15 is 0 Å². The molecule has 140 valence electrons. The fourth-order valence-electron chi connectivity index (χ4n) is 2.37. The van der Waals surface area contributed by atoms with Gasteiger partial charge >= 0.3 is 0 Å². The van der Waals surface area contributed by atoms with E-state index in [0.717, 1.165) is 0 Å². The van der Waals surface area contributed by atoms with E-state index in [1.165, 1.54) is 27.8 Å². The van der Waals surface area contributed by atoms with Crippen LogP contribution in [0.1, 0.15) is 39.4 Å². The monoisotopic (exact) mass is 395 g/mol. The second-order valence-corrected chi connectivity index (χ2v) is 8.34. The van der Waals surface area contributed by atoms with Gasteiger partial charge in [-0.2, -0.15) is 4.31 Å². The molecule has 2 N–H and O–H groups in total. The number of nitrogens with zero attached hydrogens (tertiary/aromatic N) is 1. The first-order valence-electron chi connectivity index (χ1n) is 8.06. The summed E-state index contributed by atoms with van der Waals surface area (Å²) in [6.07, 6.45) is 0. The Labute approximate surface area is 157 Å². The van der Waals surface area contributed by atoms with E-state index in [9.17, 15) is 18.0 Å². The van der Waals surface area contributed by atoms with Gasteiger partial charge in [-0.1, -0.05) is 26.0 Å². The molecular weight excluding hydrogens is 374 g/mol. The second-order valence-electron chi connectivity index (χ2n) is 5.45. The molecular formula is C17H21N3O4S2. The minimum absolute atomic E-state index is 0.0431. The van der Waals surface area contributed by atoms with Gasteiger partial charge in [-0.05, 0) is 36.1 Å². The Morgan fingerprint density at radius 1 is 1.08 bits per heavy atom. The van der Waals surface area contributed by atoms with Crippen LogP contribution in [0.2, 0.25) is 0 Å². The van der Waals surface area contributed by atoms with Gasteiger partial charge in [0.1, 0.15) is 0 Å². The van der Waals surface area contributed by atoms with E-state index in [0.29, 0.717) is 23.5 Å². The van der Waals surface area contributed by atoms with Gasteiger partial charge in [0, 0.05) is 18.7 Å². The molecule has 9 heteroatoms. The molecule has 0 aliphatic carbocycles. The van der Waals surface area contributed by atoms with E-state index in [1.807, 2.05) is 0 Å². The Kier molecular flexibility index (Phi) is 6.52. The quantitative estimate of drug-likeness (QED) is 0.733. The van der Waals surface area contributed by atoms with Crippen molar-refractivity contribution in [2.45, 2.75) is 25.7 Å². The van der Waals surface area contributed by atoms with Crippen LogP contribution in [0.4, 0.5) is 0 Å². The zero-order valence-electron chi connectivity index (χ0n) is 14.8. The van der Waals surface area contributed by atoms with Crippen LogP contribution in [0.5, 0.6) is 0 Å². The maximum Gasteiger partial charge on any atom is 0.279 e.